The van der Waals surface area contributed by atoms with Gasteiger partial charge < -0.3 is 20.5 Å². The van der Waals surface area contributed by atoms with E-state index in [9.17, 15) is 4.79 Å². The number of anilines is 2. The van der Waals surface area contributed by atoms with Gasteiger partial charge in [0, 0.05) is 24.5 Å². The molecule has 110 valence electrons. The lowest BCUT2D eigenvalue weighted by atomic mass is 10.0. The summed E-state index contributed by atoms with van der Waals surface area (Å²) in [6.07, 6.45) is 2.25. The summed E-state index contributed by atoms with van der Waals surface area (Å²) in [4.78, 5) is 11.9. The SMILES string of the molecule is CCOC(=O)c1cc(N)ccc1NCC1CCCOC1. The molecule has 0 bridgehead atoms. The van der Waals surface area contributed by atoms with E-state index < -0.39 is 0 Å². The van der Waals surface area contributed by atoms with Crippen LogP contribution in [0, 0.1) is 5.92 Å². The Hall–Kier alpha value is -1.75. The first-order chi connectivity index (χ1) is 9.70. The van der Waals surface area contributed by atoms with Gasteiger partial charge in [0.1, 0.15) is 0 Å². The molecule has 0 amide bonds. The molecule has 0 spiro atoms. The van der Waals surface area contributed by atoms with Gasteiger partial charge >= 0.3 is 5.97 Å². The van der Waals surface area contributed by atoms with Crippen LogP contribution < -0.4 is 11.1 Å². The largest absolute Gasteiger partial charge is 0.462 e. The third kappa shape index (κ3) is 3.87. The summed E-state index contributed by atoms with van der Waals surface area (Å²) in [5, 5.41) is 3.31. The Morgan fingerprint density at radius 1 is 1.55 bits per heavy atom. The molecule has 2 rings (SSSR count). The lowest BCUT2D eigenvalue weighted by Gasteiger charge is -2.23. The molecule has 0 radical (unpaired) electrons. The average molecular weight is 278 g/mol. The van der Waals surface area contributed by atoms with Crippen LogP contribution in [0.25, 0.3) is 0 Å². The van der Waals surface area contributed by atoms with Crippen LogP contribution in [0.1, 0.15) is 30.1 Å². The molecule has 0 saturated carbocycles. The zero-order valence-corrected chi connectivity index (χ0v) is 11.9. The second-order valence-electron chi connectivity index (χ2n) is 4.99. The molecule has 1 fully saturated rings. The Balaban J connectivity index is 2.03. The molecule has 1 atom stereocenters. The highest BCUT2D eigenvalue weighted by Crippen LogP contribution is 2.22. The fraction of sp³-hybridized carbons (Fsp3) is 0.533. The van der Waals surface area contributed by atoms with Gasteiger partial charge in [0.2, 0.25) is 0 Å². The molecular formula is C15H22N2O3. The number of nitrogens with two attached hydrogens (primary N) is 1. The van der Waals surface area contributed by atoms with Crippen LogP contribution >= 0.6 is 0 Å². The number of esters is 1. The zero-order chi connectivity index (χ0) is 14.4. The Labute approximate surface area is 119 Å². The molecule has 1 saturated heterocycles. The summed E-state index contributed by atoms with van der Waals surface area (Å²) in [6, 6.07) is 5.26. The third-order valence-corrected chi connectivity index (χ3v) is 3.37. The van der Waals surface area contributed by atoms with E-state index >= 15 is 0 Å². The van der Waals surface area contributed by atoms with Crippen LogP contribution in [0.3, 0.4) is 0 Å². The molecule has 1 heterocycles. The summed E-state index contributed by atoms with van der Waals surface area (Å²) < 4.78 is 10.5. The molecule has 0 aromatic heterocycles. The Morgan fingerprint density at radius 2 is 2.40 bits per heavy atom. The molecule has 5 heteroatoms. The third-order valence-electron chi connectivity index (χ3n) is 3.37. The van der Waals surface area contributed by atoms with Crippen LogP contribution in [0.5, 0.6) is 0 Å². The quantitative estimate of drug-likeness (QED) is 0.638. The molecule has 3 N–H and O–H groups in total. The number of benzene rings is 1. The van der Waals surface area contributed by atoms with Crippen molar-refractivity contribution in [3.8, 4) is 0 Å². The molecule has 1 aliphatic rings. The van der Waals surface area contributed by atoms with Gasteiger partial charge in [0.15, 0.2) is 0 Å². The van der Waals surface area contributed by atoms with Gasteiger partial charge in [0.25, 0.3) is 0 Å². The average Bonchev–Trinajstić information content (AvgIpc) is 2.47. The molecule has 1 aliphatic heterocycles. The second kappa shape index (κ2) is 7.14. The summed E-state index contributed by atoms with van der Waals surface area (Å²) in [6.45, 7) is 4.56. The van der Waals surface area contributed by atoms with Gasteiger partial charge in [-0.3, -0.25) is 0 Å². The topological polar surface area (TPSA) is 73.6 Å². The monoisotopic (exact) mass is 278 g/mol. The maximum Gasteiger partial charge on any atom is 0.340 e. The first-order valence-electron chi connectivity index (χ1n) is 7.09. The minimum Gasteiger partial charge on any atom is -0.462 e. The van der Waals surface area contributed by atoms with E-state index in [4.69, 9.17) is 15.2 Å². The van der Waals surface area contributed by atoms with E-state index in [1.807, 2.05) is 6.07 Å². The molecule has 1 unspecified atom stereocenters. The summed E-state index contributed by atoms with van der Waals surface area (Å²) in [5.74, 6) is 0.138. The van der Waals surface area contributed by atoms with Gasteiger partial charge in [0.05, 0.1) is 18.8 Å². The van der Waals surface area contributed by atoms with E-state index in [0.717, 1.165) is 38.3 Å². The summed E-state index contributed by atoms with van der Waals surface area (Å²) in [5.41, 5.74) is 7.56. The standard InChI is InChI=1S/C15H22N2O3/c1-2-20-15(18)13-8-12(16)5-6-14(13)17-9-11-4-3-7-19-10-11/h5-6,8,11,17H,2-4,7,9-10,16H2,1H3. The molecule has 1 aromatic rings. The van der Waals surface area contributed by atoms with E-state index in [1.165, 1.54) is 0 Å². The van der Waals surface area contributed by atoms with Gasteiger partial charge in [-0.05, 0) is 43.9 Å². The highest BCUT2D eigenvalue weighted by molar-refractivity contribution is 5.96. The van der Waals surface area contributed by atoms with E-state index in [2.05, 4.69) is 5.32 Å². The number of hydrogen-bond donors (Lipinski definition) is 2. The predicted molar refractivity (Wildman–Crippen MR) is 78.8 cm³/mol. The van der Waals surface area contributed by atoms with Crippen molar-refractivity contribution < 1.29 is 14.3 Å². The summed E-state index contributed by atoms with van der Waals surface area (Å²) in [7, 11) is 0. The van der Waals surface area contributed by atoms with Crippen molar-refractivity contribution in [1.29, 1.82) is 0 Å². The molecule has 5 nitrogen and oxygen atoms in total. The number of nitrogen functional groups attached to an aromatic ring is 1. The van der Waals surface area contributed by atoms with Crippen molar-refractivity contribution >= 4 is 17.3 Å². The van der Waals surface area contributed by atoms with Crippen molar-refractivity contribution in [2.45, 2.75) is 19.8 Å². The second-order valence-corrected chi connectivity index (χ2v) is 4.99. The van der Waals surface area contributed by atoms with Crippen LogP contribution in [0.4, 0.5) is 11.4 Å². The predicted octanol–water partition coefficient (Wildman–Crippen LogP) is 2.28. The summed E-state index contributed by atoms with van der Waals surface area (Å²) >= 11 is 0. The minimum atomic E-state index is -0.345. The maximum atomic E-state index is 11.9. The first-order valence-corrected chi connectivity index (χ1v) is 7.09. The first kappa shape index (κ1) is 14.7. The lowest BCUT2D eigenvalue weighted by Crippen LogP contribution is -2.25. The normalized spacial score (nSPS) is 18.6. The highest BCUT2D eigenvalue weighted by Gasteiger charge is 2.16. The Bertz CT molecular complexity index is 456. The van der Waals surface area contributed by atoms with Crippen LogP contribution in [0.15, 0.2) is 18.2 Å². The molecule has 1 aromatic carbocycles. The van der Waals surface area contributed by atoms with E-state index in [0.29, 0.717) is 23.8 Å². The zero-order valence-electron chi connectivity index (χ0n) is 11.9. The van der Waals surface area contributed by atoms with Gasteiger partial charge in [-0.15, -0.1) is 0 Å². The minimum absolute atomic E-state index is 0.345. The van der Waals surface area contributed by atoms with Crippen molar-refractivity contribution in [2.75, 3.05) is 37.4 Å². The Kier molecular flexibility index (Phi) is 5.24. The van der Waals surface area contributed by atoms with Crippen molar-refractivity contribution in [2.24, 2.45) is 5.92 Å². The van der Waals surface area contributed by atoms with Crippen LogP contribution in [0.2, 0.25) is 0 Å². The number of hydrogen-bond acceptors (Lipinski definition) is 5. The molecule has 0 aliphatic carbocycles. The fourth-order valence-electron chi connectivity index (χ4n) is 2.32. The lowest BCUT2D eigenvalue weighted by molar-refractivity contribution is 0.0527. The number of rotatable bonds is 5. The van der Waals surface area contributed by atoms with E-state index in [1.54, 1.807) is 19.1 Å². The molecular weight excluding hydrogens is 256 g/mol. The van der Waals surface area contributed by atoms with Crippen LogP contribution in [-0.4, -0.2) is 32.3 Å². The fourth-order valence-corrected chi connectivity index (χ4v) is 2.32. The molecule has 20 heavy (non-hydrogen) atoms. The van der Waals surface area contributed by atoms with Gasteiger partial charge in [-0.2, -0.15) is 0 Å². The highest BCUT2D eigenvalue weighted by atomic mass is 16.5. The van der Waals surface area contributed by atoms with Crippen molar-refractivity contribution in [3.63, 3.8) is 0 Å². The number of carbonyl (C=O) groups is 1. The van der Waals surface area contributed by atoms with Gasteiger partial charge in [-0.25, -0.2) is 4.79 Å². The van der Waals surface area contributed by atoms with Crippen molar-refractivity contribution in [1.82, 2.24) is 0 Å². The number of nitrogens with one attached hydrogen (secondary N) is 1. The van der Waals surface area contributed by atoms with E-state index in [-0.39, 0.29) is 5.97 Å². The number of carbonyl (C=O) groups excluding carboxylic acids is 1. The van der Waals surface area contributed by atoms with Gasteiger partial charge in [-0.1, -0.05) is 0 Å². The maximum absolute atomic E-state index is 11.9. The van der Waals surface area contributed by atoms with Crippen LogP contribution in [-0.2, 0) is 9.47 Å². The number of ether oxygens (including phenoxy) is 2. The Morgan fingerprint density at radius 3 is 3.10 bits per heavy atom. The van der Waals surface area contributed by atoms with Crippen molar-refractivity contribution in [3.05, 3.63) is 23.8 Å². The smallest absolute Gasteiger partial charge is 0.340 e.